The molecule has 0 rings (SSSR count). The van der Waals surface area contributed by atoms with Crippen LogP contribution in [0.2, 0.25) is 0 Å². The summed E-state index contributed by atoms with van der Waals surface area (Å²) in [5.74, 6) is 0.247. The molecule has 0 aliphatic carbocycles. The first-order valence-corrected chi connectivity index (χ1v) is 6.62. The van der Waals surface area contributed by atoms with Crippen LogP contribution in [-0.2, 0) is 9.84 Å². The average Bonchev–Trinajstić information content (AvgIpc) is 1.82. The lowest BCUT2D eigenvalue weighted by Gasteiger charge is -2.26. The average molecular weight is 207 g/mol. The van der Waals surface area contributed by atoms with Crippen LogP contribution in [0.3, 0.4) is 0 Å². The van der Waals surface area contributed by atoms with Gasteiger partial charge in [0.1, 0.15) is 9.84 Å². The molecule has 0 saturated carbocycles. The second kappa shape index (κ2) is 4.42. The fourth-order valence-corrected chi connectivity index (χ4v) is 1.69. The van der Waals surface area contributed by atoms with E-state index in [0.717, 1.165) is 6.42 Å². The van der Waals surface area contributed by atoms with Crippen LogP contribution in [0, 0.1) is 5.41 Å². The highest BCUT2D eigenvalue weighted by Gasteiger charge is 2.20. The van der Waals surface area contributed by atoms with Crippen LogP contribution in [-0.4, -0.2) is 26.5 Å². The van der Waals surface area contributed by atoms with Crippen LogP contribution in [0.5, 0.6) is 0 Å². The predicted molar refractivity (Wildman–Crippen MR) is 56.4 cm³/mol. The van der Waals surface area contributed by atoms with Gasteiger partial charge in [-0.3, -0.25) is 0 Å². The van der Waals surface area contributed by atoms with E-state index in [1.54, 1.807) is 0 Å². The van der Waals surface area contributed by atoms with E-state index in [0.29, 0.717) is 6.42 Å². The molecule has 0 aliphatic heterocycles. The first-order chi connectivity index (χ1) is 5.63. The molecule has 0 spiro atoms. The summed E-state index contributed by atoms with van der Waals surface area (Å²) in [6.07, 6.45) is 2.70. The van der Waals surface area contributed by atoms with Crippen molar-refractivity contribution < 1.29 is 8.42 Å². The SMILES string of the molecule is CC(C)(C)C(N)CCCS(C)(=O)=O. The molecule has 1 unspecified atom stereocenters. The second-order valence-electron chi connectivity index (χ2n) is 4.74. The molecule has 80 valence electrons. The van der Waals surface area contributed by atoms with Crippen LogP contribution in [0.4, 0.5) is 0 Å². The first kappa shape index (κ1) is 12.9. The topological polar surface area (TPSA) is 60.2 Å². The quantitative estimate of drug-likeness (QED) is 0.753. The molecule has 1 atom stereocenters. The number of hydrogen-bond donors (Lipinski definition) is 1. The standard InChI is InChI=1S/C9H21NO2S/c1-9(2,3)8(10)6-5-7-13(4,11)12/h8H,5-7,10H2,1-4H3. The molecule has 13 heavy (non-hydrogen) atoms. The van der Waals surface area contributed by atoms with E-state index >= 15 is 0 Å². The molecule has 0 amide bonds. The third kappa shape index (κ3) is 7.02. The van der Waals surface area contributed by atoms with Crippen molar-refractivity contribution in [3.8, 4) is 0 Å². The van der Waals surface area contributed by atoms with E-state index in [9.17, 15) is 8.42 Å². The largest absolute Gasteiger partial charge is 0.327 e. The Morgan fingerprint density at radius 1 is 1.31 bits per heavy atom. The van der Waals surface area contributed by atoms with Gasteiger partial charge in [-0.05, 0) is 18.3 Å². The van der Waals surface area contributed by atoms with Gasteiger partial charge in [0, 0.05) is 18.1 Å². The minimum Gasteiger partial charge on any atom is -0.327 e. The minimum atomic E-state index is -2.82. The molecule has 2 N–H and O–H groups in total. The monoisotopic (exact) mass is 207 g/mol. The number of rotatable bonds is 4. The molecule has 0 heterocycles. The Hall–Kier alpha value is -0.0900. The van der Waals surface area contributed by atoms with Crippen LogP contribution in [0.15, 0.2) is 0 Å². The van der Waals surface area contributed by atoms with Crippen LogP contribution < -0.4 is 5.73 Å². The molecule has 4 heteroatoms. The van der Waals surface area contributed by atoms with Crippen LogP contribution >= 0.6 is 0 Å². The lowest BCUT2D eigenvalue weighted by Crippen LogP contribution is -2.35. The van der Waals surface area contributed by atoms with Gasteiger partial charge >= 0.3 is 0 Å². The van der Waals surface area contributed by atoms with Crippen molar-refractivity contribution in [3.63, 3.8) is 0 Å². The molecule has 3 nitrogen and oxygen atoms in total. The first-order valence-electron chi connectivity index (χ1n) is 4.56. The maximum atomic E-state index is 10.8. The molecular formula is C9H21NO2S. The van der Waals surface area contributed by atoms with Crippen molar-refractivity contribution in [2.24, 2.45) is 11.1 Å². The van der Waals surface area contributed by atoms with Gasteiger partial charge in [0.15, 0.2) is 0 Å². The maximum absolute atomic E-state index is 10.8. The van der Waals surface area contributed by atoms with E-state index in [-0.39, 0.29) is 17.2 Å². The van der Waals surface area contributed by atoms with Crippen molar-refractivity contribution in [2.75, 3.05) is 12.0 Å². The van der Waals surface area contributed by atoms with E-state index in [1.807, 2.05) is 0 Å². The Kier molecular flexibility index (Phi) is 4.39. The van der Waals surface area contributed by atoms with E-state index in [4.69, 9.17) is 5.73 Å². The Morgan fingerprint density at radius 3 is 2.08 bits per heavy atom. The summed E-state index contributed by atoms with van der Waals surface area (Å²) in [5.41, 5.74) is 5.95. The van der Waals surface area contributed by atoms with Gasteiger partial charge in [0.25, 0.3) is 0 Å². The fraction of sp³-hybridized carbons (Fsp3) is 1.00. The normalized spacial score (nSPS) is 15.8. The Balaban J connectivity index is 3.80. The summed E-state index contributed by atoms with van der Waals surface area (Å²) in [6.45, 7) is 6.20. The summed E-state index contributed by atoms with van der Waals surface area (Å²) in [6, 6.07) is 0.0780. The van der Waals surface area contributed by atoms with Gasteiger partial charge < -0.3 is 5.73 Å². The summed E-state index contributed by atoms with van der Waals surface area (Å²) >= 11 is 0. The Bertz CT molecular complexity index is 239. The smallest absolute Gasteiger partial charge is 0.147 e. The van der Waals surface area contributed by atoms with Gasteiger partial charge in [-0.1, -0.05) is 20.8 Å². The molecule has 0 aliphatic rings. The molecule has 0 aromatic rings. The van der Waals surface area contributed by atoms with Gasteiger partial charge in [-0.25, -0.2) is 8.42 Å². The molecule has 0 fully saturated rings. The lowest BCUT2D eigenvalue weighted by molar-refractivity contribution is 0.304. The van der Waals surface area contributed by atoms with Crippen molar-refractivity contribution in [1.82, 2.24) is 0 Å². The zero-order chi connectivity index (χ0) is 10.7. The van der Waals surface area contributed by atoms with Crippen molar-refractivity contribution in [3.05, 3.63) is 0 Å². The third-order valence-corrected chi connectivity index (χ3v) is 3.17. The molecule has 0 aromatic carbocycles. The number of sulfone groups is 1. The van der Waals surface area contributed by atoms with Gasteiger partial charge in [0.2, 0.25) is 0 Å². The van der Waals surface area contributed by atoms with E-state index < -0.39 is 9.84 Å². The molecule has 0 saturated heterocycles. The van der Waals surface area contributed by atoms with Crippen molar-refractivity contribution >= 4 is 9.84 Å². The molecular weight excluding hydrogens is 186 g/mol. The van der Waals surface area contributed by atoms with Crippen molar-refractivity contribution in [2.45, 2.75) is 39.7 Å². The Morgan fingerprint density at radius 2 is 1.77 bits per heavy atom. The lowest BCUT2D eigenvalue weighted by atomic mass is 9.85. The minimum absolute atomic E-state index is 0.0670. The summed E-state index contributed by atoms with van der Waals surface area (Å²) < 4.78 is 21.6. The van der Waals surface area contributed by atoms with Crippen LogP contribution in [0.25, 0.3) is 0 Å². The zero-order valence-corrected chi connectivity index (χ0v) is 9.82. The van der Waals surface area contributed by atoms with E-state index in [1.165, 1.54) is 6.26 Å². The highest BCUT2D eigenvalue weighted by Crippen LogP contribution is 2.20. The molecule has 0 aromatic heterocycles. The predicted octanol–water partition coefficient (Wildman–Crippen LogP) is 1.18. The highest BCUT2D eigenvalue weighted by atomic mass is 32.2. The fourth-order valence-electron chi connectivity index (χ4n) is 0.998. The van der Waals surface area contributed by atoms with Crippen LogP contribution in [0.1, 0.15) is 33.6 Å². The summed E-state index contributed by atoms with van der Waals surface area (Å²) in [4.78, 5) is 0. The van der Waals surface area contributed by atoms with E-state index in [2.05, 4.69) is 20.8 Å². The van der Waals surface area contributed by atoms with Gasteiger partial charge in [-0.2, -0.15) is 0 Å². The number of nitrogens with two attached hydrogens (primary N) is 1. The van der Waals surface area contributed by atoms with Gasteiger partial charge in [-0.15, -0.1) is 0 Å². The van der Waals surface area contributed by atoms with Crippen molar-refractivity contribution in [1.29, 1.82) is 0 Å². The summed E-state index contributed by atoms with van der Waals surface area (Å²) in [7, 11) is -2.82. The van der Waals surface area contributed by atoms with Gasteiger partial charge in [0.05, 0.1) is 0 Å². The highest BCUT2D eigenvalue weighted by molar-refractivity contribution is 7.90. The maximum Gasteiger partial charge on any atom is 0.147 e. The second-order valence-corrected chi connectivity index (χ2v) is 7.00. The molecule has 0 bridgehead atoms. The third-order valence-electron chi connectivity index (χ3n) is 2.14. The number of hydrogen-bond acceptors (Lipinski definition) is 3. The Labute approximate surface area is 81.6 Å². The summed E-state index contributed by atoms with van der Waals surface area (Å²) in [5, 5.41) is 0. The molecule has 0 radical (unpaired) electrons. The zero-order valence-electron chi connectivity index (χ0n) is 9.00.